The number of carbonyl (C=O) groups excluding carboxylic acids is 2. The van der Waals surface area contributed by atoms with Crippen molar-refractivity contribution in [2.45, 2.75) is 50.5 Å². The van der Waals surface area contributed by atoms with Crippen molar-refractivity contribution in [2.75, 3.05) is 25.1 Å². The van der Waals surface area contributed by atoms with Crippen LogP contribution in [0.3, 0.4) is 0 Å². The predicted octanol–water partition coefficient (Wildman–Crippen LogP) is 3.83. The van der Waals surface area contributed by atoms with Crippen LogP contribution in [0.2, 0.25) is 0 Å². The van der Waals surface area contributed by atoms with E-state index in [1.54, 1.807) is 18.9 Å². The number of methoxy groups -OCH3 is 1. The second-order valence-corrected chi connectivity index (χ2v) is 8.43. The number of anilines is 1. The maximum Gasteiger partial charge on any atom is 0.267 e. The SMILES string of the molecule is COc1ccccc1C1(CNC(=O)CCN2C(=O)C(C)Oc3ccccc32)CCCC1. The van der Waals surface area contributed by atoms with E-state index in [1.165, 1.54) is 5.56 Å². The Kier molecular flexibility index (Phi) is 6.16. The summed E-state index contributed by atoms with van der Waals surface area (Å²) < 4.78 is 11.3. The van der Waals surface area contributed by atoms with Crippen molar-refractivity contribution in [3.63, 3.8) is 0 Å². The van der Waals surface area contributed by atoms with Gasteiger partial charge in [-0.3, -0.25) is 9.59 Å². The zero-order valence-electron chi connectivity index (χ0n) is 18.2. The number of rotatable bonds is 7. The lowest BCUT2D eigenvalue weighted by Gasteiger charge is -2.33. The first-order valence-electron chi connectivity index (χ1n) is 11.0. The Bertz CT molecular complexity index is 952. The molecule has 1 unspecified atom stereocenters. The van der Waals surface area contributed by atoms with E-state index in [-0.39, 0.29) is 23.7 Å². The number of para-hydroxylation sites is 3. The third-order valence-corrected chi connectivity index (χ3v) is 6.50. The van der Waals surface area contributed by atoms with Gasteiger partial charge in [0, 0.05) is 30.5 Å². The number of nitrogens with zero attached hydrogens (tertiary/aromatic N) is 1. The fourth-order valence-corrected chi connectivity index (χ4v) is 4.83. The van der Waals surface area contributed by atoms with E-state index < -0.39 is 6.10 Å². The fourth-order valence-electron chi connectivity index (χ4n) is 4.83. The van der Waals surface area contributed by atoms with E-state index in [0.717, 1.165) is 37.1 Å². The van der Waals surface area contributed by atoms with Gasteiger partial charge in [-0.1, -0.05) is 43.2 Å². The summed E-state index contributed by atoms with van der Waals surface area (Å²) in [7, 11) is 1.69. The molecule has 1 heterocycles. The summed E-state index contributed by atoms with van der Waals surface area (Å²) in [5.74, 6) is 1.39. The molecule has 0 radical (unpaired) electrons. The molecule has 6 heteroatoms. The standard InChI is InChI=1S/C25H30N2O4/c1-18-24(29)27(20-10-4-6-12-22(20)31-18)16-13-23(28)26-17-25(14-7-8-15-25)19-9-3-5-11-21(19)30-2/h3-6,9-12,18H,7-8,13-17H2,1-2H3,(H,26,28). The maximum atomic E-state index is 12.8. The normalized spacial score (nSPS) is 19.5. The molecule has 164 valence electrons. The molecule has 2 aromatic carbocycles. The van der Waals surface area contributed by atoms with Crippen LogP contribution in [0, 0.1) is 0 Å². The summed E-state index contributed by atoms with van der Waals surface area (Å²) in [6.45, 7) is 2.65. The number of hydrogen-bond acceptors (Lipinski definition) is 4. The molecule has 1 saturated carbocycles. The molecule has 0 saturated heterocycles. The minimum Gasteiger partial charge on any atom is -0.496 e. The molecule has 31 heavy (non-hydrogen) atoms. The third-order valence-electron chi connectivity index (χ3n) is 6.50. The minimum atomic E-state index is -0.551. The minimum absolute atomic E-state index is 0.0504. The lowest BCUT2D eigenvalue weighted by Crippen LogP contribution is -2.46. The molecule has 1 fully saturated rings. The van der Waals surface area contributed by atoms with Crippen molar-refractivity contribution in [1.82, 2.24) is 5.32 Å². The Balaban J connectivity index is 1.42. The molecule has 0 aromatic heterocycles. The second-order valence-electron chi connectivity index (χ2n) is 8.43. The van der Waals surface area contributed by atoms with Gasteiger partial charge in [0.15, 0.2) is 6.10 Å². The molecular weight excluding hydrogens is 392 g/mol. The lowest BCUT2D eigenvalue weighted by atomic mass is 9.78. The molecule has 0 spiro atoms. The summed E-state index contributed by atoms with van der Waals surface area (Å²) in [6, 6.07) is 15.6. The van der Waals surface area contributed by atoms with Crippen LogP contribution in [0.5, 0.6) is 11.5 Å². The topological polar surface area (TPSA) is 67.9 Å². The van der Waals surface area contributed by atoms with Gasteiger partial charge in [0.25, 0.3) is 5.91 Å². The molecule has 1 N–H and O–H groups in total. The highest BCUT2D eigenvalue weighted by molar-refractivity contribution is 6.00. The largest absolute Gasteiger partial charge is 0.496 e. The van der Waals surface area contributed by atoms with E-state index in [9.17, 15) is 9.59 Å². The molecule has 2 aromatic rings. The number of amides is 2. The Labute approximate surface area is 183 Å². The first kappa shape index (κ1) is 21.2. The summed E-state index contributed by atoms with van der Waals surface area (Å²) in [5, 5.41) is 3.14. The van der Waals surface area contributed by atoms with Crippen molar-refractivity contribution in [1.29, 1.82) is 0 Å². The van der Waals surface area contributed by atoms with Gasteiger partial charge < -0.3 is 19.7 Å². The van der Waals surface area contributed by atoms with Gasteiger partial charge in [-0.25, -0.2) is 0 Å². The van der Waals surface area contributed by atoms with E-state index >= 15 is 0 Å². The van der Waals surface area contributed by atoms with Gasteiger partial charge in [-0.2, -0.15) is 0 Å². The average Bonchev–Trinajstić information content (AvgIpc) is 3.28. The third kappa shape index (κ3) is 4.24. The molecule has 1 aliphatic carbocycles. The zero-order chi connectivity index (χ0) is 21.8. The van der Waals surface area contributed by atoms with Gasteiger partial charge >= 0.3 is 0 Å². The number of nitrogens with one attached hydrogen (secondary N) is 1. The van der Waals surface area contributed by atoms with Crippen LogP contribution in [0.1, 0.15) is 44.6 Å². The van der Waals surface area contributed by atoms with Crippen LogP contribution < -0.4 is 19.7 Å². The van der Waals surface area contributed by atoms with Gasteiger partial charge in [-0.15, -0.1) is 0 Å². The maximum absolute atomic E-state index is 12.8. The van der Waals surface area contributed by atoms with Gasteiger partial charge in [0.1, 0.15) is 11.5 Å². The van der Waals surface area contributed by atoms with Crippen molar-refractivity contribution in [3.8, 4) is 11.5 Å². The molecular formula is C25H30N2O4. The van der Waals surface area contributed by atoms with Crippen LogP contribution in [0.15, 0.2) is 48.5 Å². The Morgan fingerprint density at radius 2 is 1.87 bits per heavy atom. The van der Waals surface area contributed by atoms with E-state index in [4.69, 9.17) is 9.47 Å². The number of hydrogen-bond donors (Lipinski definition) is 1. The lowest BCUT2D eigenvalue weighted by molar-refractivity contribution is -0.125. The van der Waals surface area contributed by atoms with Crippen molar-refractivity contribution < 1.29 is 19.1 Å². The van der Waals surface area contributed by atoms with Gasteiger partial charge in [0.05, 0.1) is 12.8 Å². The van der Waals surface area contributed by atoms with Crippen molar-refractivity contribution >= 4 is 17.5 Å². The Morgan fingerprint density at radius 3 is 2.65 bits per heavy atom. The van der Waals surface area contributed by atoms with E-state index in [0.29, 0.717) is 18.8 Å². The van der Waals surface area contributed by atoms with Crippen molar-refractivity contribution in [2.24, 2.45) is 0 Å². The highest BCUT2D eigenvalue weighted by Gasteiger charge is 2.38. The molecule has 0 bridgehead atoms. The summed E-state index contributed by atoms with van der Waals surface area (Å²) in [6.07, 6.45) is 4.04. The summed E-state index contributed by atoms with van der Waals surface area (Å²) >= 11 is 0. The van der Waals surface area contributed by atoms with Crippen LogP contribution in [-0.4, -0.2) is 38.1 Å². The Morgan fingerprint density at radius 1 is 1.16 bits per heavy atom. The van der Waals surface area contributed by atoms with Gasteiger partial charge in [0.2, 0.25) is 5.91 Å². The van der Waals surface area contributed by atoms with Crippen LogP contribution in [0.25, 0.3) is 0 Å². The smallest absolute Gasteiger partial charge is 0.267 e. The van der Waals surface area contributed by atoms with Crippen LogP contribution >= 0.6 is 0 Å². The first-order valence-corrected chi connectivity index (χ1v) is 11.0. The number of benzene rings is 2. The van der Waals surface area contributed by atoms with Crippen LogP contribution in [-0.2, 0) is 15.0 Å². The predicted molar refractivity (Wildman–Crippen MR) is 120 cm³/mol. The van der Waals surface area contributed by atoms with Crippen LogP contribution in [0.4, 0.5) is 5.69 Å². The number of fused-ring (bicyclic) bond motifs is 1. The number of carbonyl (C=O) groups is 2. The monoisotopic (exact) mass is 422 g/mol. The summed E-state index contributed by atoms with van der Waals surface area (Å²) in [4.78, 5) is 27.0. The summed E-state index contributed by atoms with van der Waals surface area (Å²) in [5.41, 5.74) is 1.79. The van der Waals surface area contributed by atoms with E-state index in [2.05, 4.69) is 11.4 Å². The average molecular weight is 423 g/mol. The number of ether oxygens (including phenoxy) is 2. The van der Waals surface area contributed by atoms with E-state index in [1.807, 2.05) is 42.5 Å². The van der Waals surface area contributed by atoms with Crippen molar-refractivity contribution in [3.05, 3.63) is 54.1 Å². The highest BCUT2D eigenvalue weighted by Crippen LogP contribution is 2.44. The zero-order valence-corrected chi connectivity index (χ0v) is 18.2. The molecule has 4 rings (SSSR count). The molecule has 6 nitrogen and oxygen atoms in total. The fraction of sp³-hybridized carbons (Fsp3) is 0.440. The first-order chi connectivity index (χ1) is 15.0. The quantitative estimate of drug-likeness (QED) is 0.736. The molecule has 1 atom stereocenters. The second kappa shape index (κ2) is 9.00. The molecule has 1 aliphatic heterocycles. The molecule has 2 amide bonds. The highest BCUT2D eigenvalue weighted by atomic mass is 16.5. The molecule has 2 aliphatic rings. The Hall–Kier alpha value is -3.02. The van der Waals surface area contributed by atoms with Gasteiger partial charge in [-0.05, 0) is 38.0 Å².